The largest absolute Gasteiger partial charge is 0.472 e. The molecule has 0 aliphatic carbocycles. The highest BCUT2D eigenvalue weighted by molar-refractivity contribution is 7.47. The first-order valence-electron chi connectivity index (χ1n) is 28.9. The van der Waals surface area contributed by atoms with E-state index in [-0.39, 0.29) is 19.1 Å². The number of hydrogen-bond acceptors (Lipinski definition) is 5. The van der Waals surface area contributed by atoms with Crippen LogP contribution in [0, 0.1) is 0 Å². The molecule has 0 rings (SSSR count). The van der Waals surface area contributed by atoms with Gasteiger partial charge in [0.1, 0.15) is 13.2 Å². The van der Waals surface area contributed by atoms with Crippen molar-refractivity contribution in [3.05, 3.63) is 36.5 Å². The molecule has 0 heterocycles. The summed E-state index contributed by atoms with van der Waals surface area (Å²) in [6.07, 6.45) is 64.1. The minimum atomic E-state index is -4.35. The number of nitrogens with zero attached hydrogens (tertiary/aromatic N) is 1. The van der Waals surface area contributed by atoms with Crippen molar-refractivity contribution in [2.75, 3.05) is 40.9 Å². The van der Waals surface area contributed by atoms with Crippen LogP contribution in [0.3, 0.4) is 0 Å². The smallest absolute Gasteiger partial charge is 0.387 e. The molecule has 0 aliphatic heterocycles. The fourth-order valence-corrected chi connectivity index (χ4v) is 9.28. The van der Waals surface area contributed by atoms with Crippen molar-refractivity contribution >= 4 is 13.7 Å². The van der Waals surface area contributed by atoms with Crippen LogP contribution in [0.2, 0.25) is 0 Å². The van der Waals surface area contributed by atoms with E-state index in [4.69, 9.17) is 9.05 Å². The number of rotatable bonds is 53. The molecule has 3 atom stereocenters. The average molecular weight is 967 g/mol. The molecule has 0 fully saturated rings. The number of aliphatic hydroxyl groups is 1. The highest BCUT2D eigenvalue weighted by atomic mass is 31.2. The molecule has 396 valence electrons. The van der Waals surface area contributed by atoms with Gasteiger partial charge in [-0.05, 0) is 44.9 Å². The van der Waals surface area contributed by atoms with Crippen molar-refractivity contribution in [1.82, 2.24) is 5.32 Å². The van der Waals surface area contributed by atoms with E-state index in [9.17, 15) is 19.4 Å². The van der Waals surface area contributed by atoms with E-state index in [1.54, 1.807) is 6.08 Å². The molecular weight excluding hydrogens is 852 g/mol. The number of nitrogens with one attached hydrogen (secondary N) is 1. The van der Waals surface area contributed by atoms with Crippen LogP contribution in [-0.2, 0) is 18.4 Å². The lowest BCUT2D eigenvalue weighted by atomic mass is 10.0. The van der Waals surface area contributed by atoms with E-state index < -0.39 is 20.0 Å². The molecule has 8 nitrogen and oxygen atoms in total. The SMILES string of the molecule is CCCCCCC/C=C/CC/C=C/CC/C=C/C(O)C(COP(=O)(O)OCC[N+](C)(C)C)NC(=O)CCCCCCCCCCCCCCCCCCCCCCCCCCCCCCCC. The van der Waals surface area contributed by atoms with E-state index in [2.05, 4.69) is 43.5 Å². The van der Waals surface area contributed by atoms with Gasteiger partial charge < -0.3 is 19.8 Å². The van der Waals surface area contributed by atoms with Gasteiger partial charge in [0.05, 0.1) is 39.9 Å². The van der Waals surface area contributed by atoms with E-state index in [1.807, 2.05) is 27.2 Å². The quantitative estimate of drug-likeness (QED) is 0.0243. The summed E-state index contributed by atoms with van der Waals surface area (Å²) >= 11 is 0. The first-order chi connectivity index (χ1) is 32.5. The van der Waals surface area contributed by atoms with Crippen molar-refractivity contribution in [1.29, 1.82) is 0 Å². The summed E-state index contributed by atoms with van der Waals surface area (Å²) in [5.74, 6) is -0.187. The van der Waals surface area contributed by atoms with Crippen LogP contribution in [0.25, 0.3) is 0 Å². The summed E-state index contributed by atoms with van der Waals surface area (Å²) in [6, 6.07) is -0.867. The lowest BCUT2D eigenvalue weighted by Crippen LogP contribution is -2.45. The van der Waals surface area contributed by atoms with Crippen LogP contribution in [-0.4, -0.2) is 73.4 Å². The summed E-state index contributed by atoms with van der Waals surface area (Å²) < 4.78 is 23.6. The number of quaternary nitrogens is 1. The second-order valence-electron chi connectivity index (χ2n) is 21.0. The molecule has 0 bridgehead atoms. The van der Waals surface area contributed by atoms with Crippen molar-refractivity contribution in [2.45, 2.75) is 289 Å². The summed E-state index contributed by atoms with van der Waals surface area (Å²) in [5.41, 5.74) is 0. The maximum absolute atomic E-state index is 13.0. The third-order valence-corrected chi connectivity index (χ3v) is 14.1. The van der Waals surface area contributed by atoms with Crippen molar-refractivity contribution in [2.24, 2.45) is 0 Å². The fraction of sp³-hybridized carbons (Fsp3) is 0.879. The van der Waals surface area contributed by atoms with Gasteiger partial charge in [0.25, 0.3) is 0 Å². The predicted octanol–water partition coefficient (Wildman–Crippen LogP) is 17.4. The Hall–Kier alpha value is -1.28. The summed E-state index contributed by atoms with van der Waals surface area (Å²) in [7, 11) is 1.55. The highest BCUT2D eigenvalue weighted by Gasteiger charge is 2.27. The number of carbonyl (C=O) groups is 1. The molecule has 0 aliphatic rings. The first kappa shape index (κ1) is 65.7. The van der Waals surface area contributed by atoms with E-state index in [0.717, 1.165) is 44.9 Å². The molecule has 9 heteroatoms. The van der Waals surface area contributed by atoms with Gasteiger partial charge in [-0.1, -0.05) is 262 Å². The molecule has 0 aromatic heterocycles. The Bertz CT molecular complexity index is 1190. The third-order valence-electron chi connectivity index (χ3n) is 13.1. The van der Waals surface area contributed by atoms with Gasteiger partial charge in [-0.2, -0.15) is 0 Å². The van der Waals surface area contributed by atoms with Gasteiger partial charge in [0, 0.05) is 6.42 Å². The van der Waals surface area contributed by atoms with Gasteiger partial charge in [0.2, 0.25) is 5.91 Å². The molecule has 3 N–H and O–H groups in total. The number of aliphatic hydroxyl groups excluding tert-OH is 1. The van der Waals surface area contributed by atoms with Crippen LogP contribution in [0.5, 0.6) is 0 Å². The zero-order valence-electron chi connectivity index (χ0n) is 45.2. The molecule has 67 heavy (non-hydrogen) atoms. The summed E-state index contributed by atoms with van der Waals surface area (Å²) in [5, 5.41) is 13.9. The Morgan fingerprint density at radius 1 is 0.493 bits per heavy atom. The minimum Gasteiger partial charge on any atom is -0.387 e. The molecule has 0 spiro atoms. The summed E-state index contributed by atoms with van der Waals surface area (Å²) in [4.78, 5) is 23.2. The van der Waals surface area contributed by atoms with Gasteiger partial charge in [-0.15, -0.1) is 0 Å². The number of hydrogen-bond donors (Lipinski definition) is 3. The van der Waals surface area contributed by atoms with Crippen LogP contribution < -0.4 is 5.32 Å². The monoisotopic (exact) mass is 966 g/mol. The highest BCUT2D eigenvalue weighted by Crippen LogP contribution is 2.43. The second-order valence-corrected chi connectivity index (χ2v) is 22.5. The molecule has 0 radical (unpaired) electrons. The number of likely N-dealkylation sites (N-methyl/N-ethyl adjacent to an activating group) is 1. The number of unbranched alkanes of at least 4 members (excludes halogenated alkanes) is 36. The third kappa shape index (κ3) is 52.4. The van der Waals surface area contributed by atoms with E-state index in [0.29, 0.717) is 17.4 Å². The number of phosphoric acid groups is 1. The maximum atomic E-state index is 13.0. The number of amides is 1. The normalized spacial score (nSPS) is 14.2. The van der Waals surface area contributed by atoms with Gasteiger partial charge in [-0.25, -0.2) is 4.57 Å². The molecule has 0 aromatic carbocycles. The number of phosphoric ester groups is 1. The Balaban J connectivity index is 4.09. The Morgan fingerprint density at radius 2 is 0.821 bits per heavy atom. The maximum Gasteiger partial charge on any atom is 0.472 e. The van der Waals surface area contributed by atoms with Gasteiger partial charge >= 0.3 is 7.82 Å². The van der Waals surface area contributed by atoms with E-state index >= 15 is 0 Å². The minimum absolute atomic E-state index is 0.0549. The van der Waals surface area contributed by atoms with Crippen LogP contribution in [0.1, 0.15) is 277 Å². The number of allylic oxidation sites excluding steroid dienone is 5. The zero-order chi connectivity index (χ0) is 49.2. The van der Waals surface area contributed by atoms with E-state index in [1.165, 1.54) is 212 Å². The van der Waals surface area contributed by atoms with Crippen molar-refractivity contribution in [3.63, 3.8) is 0 Å². The lowest BCUT2D eigenvalue weighted by molar-refractivity contribution is -0.870. The Labute approximate surface area is 417 Å². The Morgan fingerprint density at radius 3 is 1.19 bits per heavy atom. The van der Waals surface area contributed by atoms with Crippen LogP contribution in [0.4, 0.5) is 0 Å². The summed E-state index contributed by atoms with van der Waals surface area (Å²) in [6.45, 7) is 4.80. The van der Waals surface area contributed by atoms with Crippen molar-refractivity contribution in [3.8, 4) is 0 Å². The predicted molar refractivity (Wildman–Crippen MR) is 291 cm³/mol. The van der Waals surface area contributed by atoms with Gasteiger partial charge in [0.15, 0.2) is 0 Å². The van der Waals surface area contributed by atoms with Gasteiger partial charge in [-0.3, -0.25) is 13.8 Å². The molecular formula is C58H114N2O6P+. The molecule has 0 aromatic rings. The fourth-order valence-electron chi connectivity index (χ4n) is 8.55. The lowest BCUT2D eigenvalue weighted by Gasteiger charge is -2.25. The van der Waals surface area contributed by atoms with Crippen molar-refractivity contribution < 1.29 is 32.9 Å². The Kier molecular flexibility index (Phi) is 48.7. The molecule has 1 amide bonds. The first-order valence-corrected chi connectivity index (χ1v) is 30.4. The molecule has 0 saturated heterocycles. The van der Waals surface area contributed by atoms with Crippen LogP contribution >= 0.6 is 7.82 Å². The van der Waals surface area contributed by atoms with Crippen LogP contribution in [0.15, 0.2) is 36.5 Å². The molecule has 0 saturated carbocycles. The molecule has 3 unspecified atom stereocenters. The average Bonchev–Trinajstić information content (AvgIpc) is 3.29. The topological polar surface area (TPSA) is 105 Å². The zero-order valence-corrected chi connectivity index (χ0v) is 46.0. The number of carbonyl (C=O) groups excluding carboxylic acids is 1. The standard InChI is InChI=1S/C58H113N2O6P/c1-6-8-10-12-14-16-18-20-22-23-24-25-26-27-28-29-30-31-32-33-34-35-36-38-40-42-44-46-48-50-52-58(62)59-56(55-66-67(63,64)65-54-53-60(3,4)5)57(61)51-49-47-45-43-41-39-37-21-19-17-15-13-11-9-7-2/h19,21,41,43,49,51,56-57,61H,6-18,20,22-40,42,44-48,50,52-55H2,1-5H3,(H-,59,62,63,64)/p+1/b21-19+,43-41+,51-49+. The second kappa shape index (κ2) is 49.7.